The number of rotatable bonds is 5. The second-order valence-electron chi connectivity index (χ2n) is 6.53. The summed E-state index contributed by atoms with van der Waals surface area (Å²) in [6, 6.07) is 22.5. The Hall–Kier alpha value is -2.59. The van der Waals surface area contributed by atoms with Gasteiger partial charge < -0.3 is 0 Å². The van der Waals surface area contributed by atoms with Crippen LogP contribution in [0.4, 0.5) is 5.69 Å². The number of nitrogens with zero attached hydrogens (tertiary/aromatic N) is 1. The van der Waals surface area contributed by atoms with Gasteiger partial charge in [-0.1, -0.05) is 60.2 Å². The predicted molar refractivity (Wildman–Crippen MR) is 107 cm³/mol. The molecule has 0 saturated carbocycles. The summed E-state index contributed by atoms with van der Waals surface area (Å²) in [5.41, 5.74) is 4.74. The lowest BCUT2D eigenvalue weighted by atomic mass is 10.1. The van der Waals surface area contributed by atoms with Crippen molar-refractivity contribution in [2.24, 2.45) is 0 Å². The number of benzene rings is 3. The second-order valence-corrected chi connectivity index (χ2v) is 8.39. The average molecular weight is 365 g/mol. The fourth-order valence-electron chi connectivity index (χ4n) is 2.89. The third-order valence-electron chi connectivity index (χ3n) is 4.62. The topological polar surface area (TPSA) is 37.4 Å². The molecule has 0 spiro atoms. The zero-order valence-electron chi connectivity index (χ0n) is 15.3. The van der Waals surface area contributed by atoms with Crippen LogP contribution in [0.5, 0.6) is 0 Å². The maximum absolute atomic E-state index is 13.4. The lowest BCUT2D eigenvalue weighted by molar-refractivity contribution is 0.590. The molecule has 3 nitrogen and oxygen atoms in total. The summed E-state index contributed by atoms with van der Waals surface area (Å²) in [6.07, 6.45) is 0. The minimum atomic E-state index is -3.68. The Morgan fingerprint density at radius 3 is 2.08 bits per heavy atom. The number of anilines is 1. The van der Waals surface area contributed by atoms with Crippen LogP contribution < -0.4 is 4.31 Å². The molecular formula is C22H23NO2S. The lowest BCUT2D eigenvalue weighted by Gasteiger charge is -2.27. The maximum Gasteiger partial charge on any atom is 0.264 e. The molecule has 0 aliphatic heterocycles. The highest BCUT2D eigenvalue weighted by molar-refractivity contribution is 7.92. The molecule has 0 atom stereocenters. The molecule has 0 radical (unpaired) electrons. The first-order valence-electron chi connectivity index (χ1n) is 8.59. The van der Waals surface area contributed by atoms with Gasteiger partial charge in [-0.15, -0.1) is 0 Å². The first-order chi connectivity index (χ1) is 12.4. The van der Waals surface area contributed by atoms with Gasteiger partial charge in [0.1, 0.15) is 0 Å². The lowest BCUT2D eigenvalue weighted by Crippen LogP contribution is -2.31. The van der Waals surface area contributed by atoms with Crippen LogP contribution in [-0.2, 0) is 16.6 Å². The van der Waals surface area contributed by atoms with Gasteiger partial charge in [0.15, 0.2) is 0 Å². The summed E-state index contributed by atoms with van der Waals surface area (Å²) in [6.45, 7) is 6.20. The monoisotopic (exact) mass is 365 g/mol. The van der Waals surface area contributed by atoms with Gasteiger partial charge in [-0.2, -0.15) is 0 Å². The van der Waals surface area contributed by atoms with Gasteiger partial charge in [0.25, 0.3) is 10.0 Å². The number of hydrogen-bond acceptors (Lipinski definition) is 2. The van der Waals surface area contributed by atoms with E-state index in [1.807, 2.05) is 81.4 Å². The van der Waals surface area contributed by atoms with Crippen LogP contribution in [-0.4, -0.2) is 8.42 Å². The molecule has 0 N–H and O–H groups in total. The van der Waals surface area contributed by atoms with E-state index in [0.29, 0.717) is 11.4 Å². The highest BCUT2D eigenvalue weighted by Gasteiger charge is 2.26. The van der Waals surface area contributed by atoms with Crippen LogP contribution in [0, 0.1) is 20.8 Å². The van der Waals surface area contributed by atoms with Crippen molar-refractivity contribution >= 4 is 15.7 Å². The molecule has 3 aromatic carbocycles. The van der Waals surface area contributed by atoms with Crippen LogP contribution in [0.15, 0.2) is 77.7 Å². The SMILES string of the molecule is Cc1ccc(S(=O)(=O)N(Cc2ccccc2)c2cccc(C)c2C)cc1. The van der Waals surface area contributed by atoms with Gasteiger partial charge in [-0.3, -0.25) is 4.31 Å². The van der Waals surface area contributed by atoms with Crippen molar-refractivity contribution < 1.29 is 8.42 Å². The number of aryl methyl sites for hydroxylation is 2. The van der Waals surface area contributed by atoms with E-state index in [2.05, 4.69) is 0 Å². The van der Waals surface area contributed by atoms with E-state index in [1.54, 1.807) is 12.1 Å². The quantitative estimate of drug-likeness (QED) is 0.637. The number of hydrogen-bond donors (Lipinski definition) is 0. The smallest absolute Gasteiger partial charge is 0.262 e. The fourth-order valence-corrected chi connectivity index (χ4v) is 4.40. The van der Waals surface area contributed by atoms with E-state index in [9.17, 15) is 8.42 Å². The van der Waals surface area contributed by atoms with Crippen molar-refractivity contribution in [1.82, 2.24) is 0 Å². The summed E-state index contributed by atoms with van der Waals surface area (Å²) >= 11 is 0. The van der Waals surface area contributed by atoms with Crippen molar-refractivity contribution in [2.45, 2.75) is 32.2 Å². The van der Waals surface area contributed by atoms with Crippen molar-refractivity contribution in [3.8, 4) is 0 Å². The molecule has 0 aliphatic rings. The minimum absolute atomic E-state index is 0.293. The normalized spacial score (nSPS) is 11.3. The Labute approximate surface area is 156 Å². The Bertz CT molecular complexity index is 994. The first kappa shape index (κ1) is 18.2. The van der Waals surface area contributed by atoms with Gasteiger partial charge in [-0.25, -0.2) is 8.42 Å². The zero-order valence-corrected chi connectivity index (χ0v) is 16.1. The van der Waals surface area contributed by atoms with Crippen LogP contribution >= 0.6 is 0 Å². The van der Waals surface area contributed by atoms with Crippen molar-refractivity contribution in [3.63, 3.8) is 0 Å². The molecule has 0 heterocycles. The van der Waals surface area contributed by atoms with Crippen LogP contribution in [0.2, 0.25) is 0 Å². The van der Waals surface area contributed by atoms with Gasteiger partial charge in [0.2, 0.25) is 0 Å². The Morgan fingerprint density at radius 2 is 1.42 bits per heavy atom. The summed E-state index contributed by atoms with van der Waals surface area (Å²) < 4.78 is 28.4. The first-order valence-corrected chi connectivity index (χ1v) is 10.0. The standard InChI is InChI=1S/C22H23NO2S/c1-17-12-14-21(15-13-17)26(24,25)23(16-20-9-5-4-6-10-20)22-11-7-8-18(2)19(22)3/h4-15H,16H2,1-3H3. The van der Waals surface area contributed by atoms with E-state index >= 15 is 0 Å². The highest BCUT2D eigenvalue weighted by atomic mass is 32.2. The third kappa shape index (κ3) is 3.65. The zero-order chi connectivity index (χ0) is 18.7. The molecule has 26 heavy (non-hydrogen) atoms. The molecule has 3 rings (SSSR count). The largest absolute Gasteiger partial charge is 0.264 e. The molecule has 3 aromatic rings. The van der Waals surface area contributed by atoms with Gasteiger partial charge >= 0.3 is 0 Å². The molecule has 0 unspecified atom stereocenters. The Morgan fingerprint density at radius 1 is 0.769 bits per heavy atom. The molecule has 0 saturated heterocycles. The molecule has 0 fully saturated rings. The number of sulfonamides is 1. The van der Waals surface area contributed by atoms with E-state index in [1.165, 1.54) is 4.31 Å². The predicted octanol–water partition coefficient (Wildman–Crippen LogP) is 5.01. The van der Waals surface area contributed by atoms with Crippen LogP contribution in [0.1, 0.15) is 22.3 Å². The molecule has 0 aliphatic carbocycles. The van der Waals surface area contributed by atoms with Crippen molar-refractivity contribution in [1.29, 1.82) is 0 Å². The summed E-state index contributed by atoms with van der Waals surface area (Å²) in [5, 5.41) is 0. The van der Waals surface area contributed by atoms with Crippen molar-refractivity contribution in [2.75, 3.05) is 4.31 Å². The summed E-state index contributed by atoms with van der Waals surface area (Å²) in [5.74, 6) is 0. The average Bonchev–Trinajstić information content (AvgIpc) is 2.63. The van der Waals surface area contributed by atoms with E-state index in [-0.39, 0.29) is 0 Å². The van der Waals surface area contributed by atoms with E-state index in [4.69, 9.17) is 0 Å². The Kier molecular flexibility index (Phi) is 5.14. The molecule has 134 valence electrons. The summed E-state index contributed by atoms with van der Waals surface area (Å²) in [4.78, 5) is 0.305. The molecule has 0 bridgehead atoms. The van der Waals surface area contributed by atoms with Crippen molar-refractivity contribution in [3.05, 3.63) is 95.1 Å². The molecule has 0 aromatic heterocycles. The fraction of sp³-hybridized carbons (Fsp3) is 0.182. The molecule has 4 heteroatoms. The van der Waals surface area contributed by atoms with E-state index in [0.717, 1.165) is 27.9 Å². The third-order valence-corrected chi connectivity index (χ3v) is 6.40. The molecule has 0 amide bonds. The molecular weight excluding hydrogens is 342 g/mol. The van der Waals surface area contributed by atoms with Crippen LogP contribution in [0.3, 0.4) is 0 Å². The maximum atomic E-state index is 13.4. The highest BCUT2D eigenvalue weighted by Crippen LogP contribution is 2.30. The van der Waals surface area contributed by atoms with Gasteiger partial charge in [0.05, 0.1) is 17.1 Å². The van der Waals surface area contributed by atoms with Gasteiger partial charge in [0, 0.05) is 0 Å². The minimum Gasteiger partial charge on any atom is -0.262 e. The Balaban J connectivity index is 2.13. The van der Waals surface area contributed by atoms with Crippen LogP contribution in [0.25, 0.3) is 0 Å². The van der Waals surface area contributed by atoms with Gasteiger partial charge in [-0.05, 0) is 55.7 Å². The van der Waals surface area contributed by atoms with E-state index < -0.39 is 10.0 Å². The summed E-state index contributed by atoms with van der Waals surface area (Å²) in [7, 11) is -3.68. The second kappa shape index (κ2) is 7.34.